The Bertz CT molecular complexity index is 1030. The van der Waals surface area contributed by atoms with Crippen molar-refractivity contribution in [2.45, 2.75) is 19.4 Å². The molecule has 0 aliphatic carbocycles. The lowest BCUT2D eigenvalue weighted by Crippen LogP contribution is -2.49. The Hall–Kier alpha value is -2.12. The van der Waals surface area contributed by atoms with Gasteiger partial charge in [-0.1, -0.05) is 18.2 Å². The fourth-order valence-electron chi connectivity index (χ4n) is 4.69. The topological polar surface area (TPSA) is 53.4 Å². The molecule has 2 saturated heterocycles. The number of carbonyl (C=O) groups is 1. The maximum atomic E-state index is 13.1. The standard InChI is InChI=1S/C23H27N5O.2ClH/c1-17-25-21-15-18(7-8-22(21)28(17)19-5-3-2-4-6-19)23(29)27-12-9-20(16-27)26-13-10-24-11-14-26;;/h2-8,15,20,24H,9-14,16H2,1H3;2*1H. The molecular formula is C23H29Cl2N5O. The number of nitrogens with one attached hydrogen (secondary N) is 1. The number of hydrogen-bond donors (Lipinski definition) is 1. The predicted molar refractivity (Wildman–Crippen MR) is 129 cm³/mol. The molecule has 1 unspecified atom stereocenters. The van der Waals surface area contributed by atoms with Gasteiger partial charge >= 0.3 is 0 Å². The van der Waals surface area contributed by atoms with Gasteiger partial charge in [-0.2, -0.15) is 0 Å². The van der Waals surface area contributed by atoms with Gasteiger partial charge in [0.05, 0.1) is 11.0 Å². The van der Waals surface area contributed by atoms with Gasteiger partial charge in [0.25, 0.3) is 5.91 Å². The first kappa shape index (κ1) is 23.5. The molecule has 166 valence electrons. The van der Waals surface area contributed by atoms with Crippen LogP contribution in [0.5, 0.6) is 0 Å². The molecule has 0 spiro atoms. The van der Waals surface area contributed by atoms with Crippen LogP contribution >= 0.6 is 24.8 Å². The lowest BCUT2D eigenvalue weighted by molar-refractivity contribution is 0.0773. The van der Waals surface area contributed by atoms with Gasteiger partial charge in [0.1, 0.15) is 5.82 Å². The van der Waals surface area contributed by atoms with Crippen LogP contribution in [0.3, 0.4) is 0 Å². The first-order valence-electron chi connectivity index (χ1n) is 10.5. The Kier molecular flexibility index (Phi) is 7.59. The van der Waals surface area contributed by atoms with Crippen molar-refractivity contribution in [3.8, 4) is 5.69 Å². The van der Waals surface area contributed by atoms with E-state index in [9.17, 15) is 4.79 Å². The van der Waals surface area contributed by atoms with Crippen molar-refractivity contribution in [3.05, 3.63) is 59.9 Å². The Labute approximate surface area is 195 Å². The number of nitrogens with zero attached hydrogens (tertiary/aromatic N) is 4. The van der Waals surface area contributed by atoms with Gasteiger partial charge in [0.2, 0.25) is 0 Å². The van der Waals surface area contributed by atoms with E-state index in [1.807, 2.05) is 48.2 Å². The Morgan fingerprint density at radius 1 is 1.03 bits per heavy atom. The number of hydrogen-bond acceptors (Lipinski definition) is 4. The Balaban J connectivity index is 0.00000136. The van der Waals surface area contributed by atoms with Crippen LogP contribution in [-0.4, -0.2) is 70.6 Å². The van der Waals surface area contributed by atoms with Gasteiger partial charge < -0.3 is 10.2 Å². The number of imidazole rings is 1. The zero-order valence-corrected chi connectivity index (χ0v) is 19.3. The third-order valence-electron chi connectivity index (χ3n) is 6.20. The number of para-hydroxylation sites is 1. The number of amides is 1. The summed E-state index contributed by atoms with van der Waals surface area (Å²) in [6.45, 7) is 7.92. The van der Waals surface area contributed by atoms with Crippen molar-refractivity contribution in [1.29, 1.82) is 0 Å². The minimum Gasteiger partial charge on any atom is -0.337 e. The van der Waals surface area contributed by atoms with Crippen LogP contribution in [0.25, 0.3) is 16.7 Å². The Morgan fingerprint density at radius 2 is 1.77 bits per heavy atom. The van der Waals surface area contributed by atoms with Gasteiger partial charge in [-0.15, -0.1) is 24.8 Å². The van der Waals surface area contributed by atoms with Crippen LogP contribution in [0, 0.1) is 6.92 Å². The molecule has 0 radical (unpaired) electrons. The van der Waals surface area contributed by atoms with Crippen molar-refractivity contribution in [1.82, 2.24) is 24.7 Å². The summed E-state index contributed by atoms with van der Waals surface area (Å²) < 4.78 is 2.14. The maximum Gasteiger partial charge on any atom is 0.253 e. The molecule has 3 aromatic rings. The maximum absolute atomic E-state index is 13.1. The molecule has 2 aromatic carbocycles. The number of piperazine rings is 1. The monoisotopic (exact) mass is 461 g/mol. The first-order valence-corrected chi connectivity index (χ1v) is 10.5. The molecule has 3 heterocycles. The lowest BCUT2D eigenvalue weighted by Gasteiger charge is -2.32. The van der Waals surface area contributed by atoms with E-state index in [0.29, 0.717) is 6.04 Å². The second kappa shape index (κ2) is 10.0. The molecule has 1 N–H and O–H groups in total. The second-order valence-corrected chi connectivity index (χ2v) is 8.01. The van der Waals surface area contributed by atoms with Gasteiger partial charge in [-0.05, 0) is 43.7 Å². The number of fused-ring (bicyclic) bond motifs is 1. The van der Waals surface area contributed by atoms with Crippen LogP contribution < -0.4 is 5.32 Å². The summed E-state index contributed by atoms with van der Waals surface area (Å²) in [5, 5.41) is 3.40. The highest BCUT2D eigenvalue weighted by Gasteiger charge is 2.31. The van der Waals surface area contributed by atoms with Crippen molar-refractivity contribution < 1.29 is 4.79 Å². The molecule has 2 aliphatic heterocycles. The zero-order chi connectivity index (χ0) is 19.8. The summed E-state index contributed by atoms with van der Waals surface area (Å²) in [6.07, 6.45) is 1.07. The molecule has 1 amide bonds. The highest BCUT2D eigenvalue weighted by atomic mass is 35.5. The number of aryl methyl sites for hydroxylation is 1. The molecule has 5 rings (SSSR count). The van der Waals surface area contributed by atoms with Crippen molar-refractivity contribution in [2.24, 2.45) is 0 Å². The molecular weight excluding hydrogens is 433 g/mol. The summed E-state index contributed by atoms with van der Waals surface area (Å²) in [7, 11) is 0. The summed E-state index contributed by atoms with van der Waals surface area (Å²) in [5.74, 6) is 1.05. The average molecular weight is 462 g/mol. The normalized spacial score (nSPS) is 19.1. The van der Waals surface area contributed by atoms with E-state index in [-0.39, 0.29) is 30.7 Å². The van der Waals surface area contributed by atoms with E-state index in [2.05, 4.69) is 26.9 Å². The average Bonchev–Trinajstić information content (AvgIpc) is 3.38. The van der Waals surface area contributed by atoms with Crippen molar-refractivity contribution >= 4 is 41.8 Å². The van der Waals surface area contributed by atoms with Crippen molar-refractivity contribution in [2.75, 3.05) is 39.3 Å². The van der Waals surface area contributed by atoms with Gasteiger partial charge in [-0.25, -0.2) is 4.98 Å². The second-order valence-electron chi connectivity index (χ2n) is 8.01. The summed E-state index contributed by atoms with van der Waals surface area (Å²) >= 11 is 0. The summed E-state index contributed by atoms with van der Waals surface area (Å²) in [5.41, 5.74) is 3.72. The van der Waals surface area contributed by atoms with Gasteiger partial charge in [0.15, 0.2) is 0 Å². The third-order valence-corrected chi connectivity index (χ3v) is 6.20. The minimum absolute atomic E-state index is 0. The highest BCUT2D eigenvalue weighted by molar-refractivity contribution is 5.97. The molecule has 8 heteroatoms. The predicted octanol–water partition coefficient (Wildman–Crippen LogP) is 3.30. The SMILES string of the molecule is Cc1nc2cc(C(=O)N3CCC(N4CCNCC4)C3)ccc2n1-c1ccccc1.Cl.Cl. The Morgan fingerprint density at radius 3 is 2.52 bits per heavy atom. The molecule has 1 atom stereocenters. The molecule has 0 bridgehead atoms. The van der Waals surface area contributed by atoms with Crippen LogP contribution in [0.15, 0.2) is 48.5 Å². The van der Waals surface area contributed by atoms with Crippen molar-refractivity contribution in [3.63, 3.8) is 0 Å². The van der Waals surface area contributed by atoms with Crippen LogP contribution in [0.1, 0.15) is 22.6 Å². The van der Waals surface area contributed by atoms with E-state index in [1.165, 1.54) is 0 Å². The number of benzene rings is 2. The fourth-order valence-corrected chi connectivity index (χ4v) is 4.69. The number of aromatic nitrogens is 2. The third kappa shape index (κ3) is 4.58. The number of halogens is 2. The van der Waals surface area contributed by atoms with Crippen LogP contribution in [-0.2, 0) is 0 Å². The molecule has 31 heavy (non-hydrogen) atoms. The number of carbonyl (C=O) groups excluding carboxylic acids is 1. The fraction of sp³-hybridized carbons (Fsp3) is 0.391. The molecule has 2 fully saturated rings. The number of likely N-dealkylation sites (tertiary alicyclic amines) is 1. The summed E-state index contributed by atoms with van der Waals surface area (Å²) in [6, 6.07) is 16.6. The van der Waals surface area contributed by atoms with E-state index in [1.54, 1.807) is 0 Å². The smallest absolute Gasteiger partial charge is 0.253 e. The molecule has 1 aromatic heterocycles. The largest absolute Gasteiger partial charge is 0.337 e. The lowest BCUT2D eigenvalue weighted by atomic mass is 10.1. The van der Waals surface area contributed by atoms with Gasteiger partial charge in [0, 0.05) is 56.6 Å². The number of rotatable bonds is 3. The molecule has 2 aliphatic rings. The minimum atomic E-state index is 0. The van der Waals surface area contributed by atoms with Crippen LogP contribution in [0.2, 0.25) is 0 Å². The van der Waals surface area contributed by atoms with E-state index in [4.69, 9.17) is 4.98 Å². The summed E-state index contributed by atoms with van der Waals surface area (Å²) in [4.78, 5) is 22.4. The van der Waals surface area contributed by atoms with Crippen LogP contribution in [0.4, 0.5) is 0 Å². The van der Waals surface area contributed by atoms with E-state index >= 15 is 0 Å². The van der Waals surface area contributed by atoms with E-state index < -0.39 is 0 Å². The quantitative estimate of drug-likeness (QED) is 0.649. The first-order chi connectivity index (χ1) is 14.2. The molecule has 6 nitrogen and oxygen atoms in total. The zero-order valence-electron chi connectivity index (χ0n) is 17.7. The highest BCUT2D eigenvalue weighted by Crippen LogP contribution is 2.24. The molecule has 0 saturated carbocycles. The van der Waals surface area contributed by atoms with E-state index in [0.717, 1.165) is 73.8 Å². The van der Waals surface area contributed by atoms with Gasteiger partial charge in [-0.3, -0.25) is 14.3 Å².